The van der Waals surface area contributed by atoms with Crippen LogP contribution in [0.4, 0.5) is 11.4 Å². The Bertz CT molecular complexity index is 557. The van der Waals surface area contributed by atoms with Crippen LogP contribution in [0.25, 0.3) is 0 Å². The summed E-state index contributed by atoms with van der Waals surface area (Å²) in [6.07, 6.45) is 3.71. The largest absolute Gasteiger partial charge is 0.495 e. The number of nitrogens with one attached hydrogen (secondary N) is 1. The van der Waals surface area contributed by atoms with E-state index in [1.54, 1.807) is 7.11 Å². The molecule has 0 atom stereocenters. The molecule has 0 spiro atoms. The molecule has 0 aliphatic carbocycles. The molecule has 4 nitrogen and oxygen atoms in total. The van der Waals surface area contributed by atoms with E-state index in [0.717, 1.165) is 30.2 Å². The number of ether oxygens (including phenoxy) is 1. The second kappa shape index (κ2) is 6.91. The lowest BCUT2D eigenvalue weighted by Crippen LogP contribution is -2.17. The smallest absolute Gasteiger partial charge is 0.142 e. The Labute approximate surface area is 120 Å². The summed E-state index contributed by atoms with van der Waals surface area (Å²) in [4.78, 5) is 6.35. The third-order valence-electron chi connectivity index (χ3n) is 3.26. The van der Waals surface area contributed by atoms with Gasteiger partial charge >= 0.3 is 0 Å². The van der Waals surface area contributed by atoms with E-state index in [9.17, 15) is 0 Å². The van der Waals surface area contributed by atoms with Crippen LogP contribution in [0.15, 0.2) is 42.7 Å². The Kier molecular flexibility index (Phi) is 4.96. The number of para-hydroxylation sites is 2. The Morgan fingerprint density at radius 1 is 1.20 bits per heavy atom. The predicted octanol–water partition coefficient (Wildman–Crippen LogP) is 2.97. The van der Waals surface area contributed by atoms with Gasteiger partial charge in [0.05, 0.1) is 24.7 Å². The number of nitrogens with zero attached hydrogens (tertiary/aromatic N) is 2. The van der Waals surface area contributed by atoms with Crippen molar-refractivity contribution >= 4 is 11.4 Å². The van der Waals surface area contributed by atoms with E-state index < -0.39 is 0 Å². The fourth-order valence-electron chi connectivity index (χ4n) is 2.16. The van der Waals surface area contributed by atoms with Gasteiger partial charge in [-0.15, -0.1) is 0 Å². The molecule has 0 saturated carbocycles. The highest BCUT2D eigenvalue weighted by atomic mass is 16.5. The van der Waals surface area contributed by atoms with Crippen LogP contribution >= 0.6 is 0 Å². The third-order valence-corrected chi connectivity index (χ3v) is 3.26. The number of rotatable bonds is 6. The van der Waals surface area contributed by atoms with Gasteiger partial charge in [0.2, 0.25) is 0 Å². The van der Waals surface area contributed by atoms with Gasteiger partial charge in [0.25, 0.3) is 0 Å². The predicted molar refractivity (Wildman–Crippen MR) is 82.7 cm³/mol. The number of hydrogen-bond donors (Lipinski definition) is 1. The zero-order valence-electron chi connectivity index (χ0n) is 12.3. The van der Waals surface area contributed by atoms with Crippen molar-refractivity contribution < 1.29 is 4.74 Å². The van der Waals surface area contributed by atoms with Crippen molar-refractivity contribution in [2.45, 2.75) is 13.5 Å². The normalized spacial score (nSPS) is 10.3. The average molecular weight is 271 g/mol. The van der Waals surface area contributed by atoms with Gasteiger partial charge in [-0.1, -0.05) is 19.1 Å². The maximum Gasteiger partial charge on any atom is 0.142 e. The summed E-state index contributed by atoms with van der Waals surface area (Å²) in [6.45, 7) is 3.87. The first-order chi connectivity index (χ1) is 9.77. The fraction of sp³-hybridized carbons (Fsp3) is 0.312. The van der Waals surface area contributed by atoms with Gasteiger partial charge in [0, 0.05) is 19.8 Å². The van der Waals surface area contributed by atoms with Gasteiger partial charge in [0.1, 0.15) is 5.75 Å². The van der Waals surface area contributed by atoms with Crippen LogP contribution in [0.2, 0.25) is 0 Å². The van der Waals surface area contributed by atoms with Crippen molar-refractivity contribution in [1.82, 2.24) is 10.3 Å². The SMILES string of the molecule is CCNCc1ccncc1N(C)c1ccccc1OC. The number of aromatic nitrogens is 1. The molecule has 0 radical (unpaired) electrons. The Morgan fingerprint density at radius 3 is 2.75 bits per heavy atom. The van der Waals surface area contributed by atoms with Crippen LogP contribution in [-0.4, -0.2) is 25.7 Å². The summed E-state index contributed by atoms with van der Waals surface area (Å²) in [7, 11) is 3.72. The monoisotopic (exact) mass is 271 g/mol. The molecule has 0 aliphatic heterocycles. The molecule has 1 aromatic heterocycles. The minimum atomic E-state index is 0.827. The van der Waals surface area contributed by atoms with Gasteiger partial charge in [-0.05, 0) is 30.3 Å². The van der Waals surface area contributed by atoms with E-state index in [0.29, 0.717) is 0 Å². The van der Waals surface area contributed by atoms with Crippen LogP contribution in [0.3, 0.4) is 0 Å². The van der Waals surface area contributed by atoms with Crippen molar-refractivity contribution in [3.8, 4) is 5.75 Å². The molecule has 0 amide bonds. The zero-order chi connectivity index (χ0) is 14.4. The zero-order valence-corrected chi connectivity index (χ0v) is 12.3. The number of benzene rings is 1. The molecule has 0 unspecified atom stereocenters. The molecule has 1 heterocycles. The highest BCUT2D eigenvalue weighted by Crippen LogP contribution is 2.33. The van der Waals surface area contributed by atoms with Crippen molar-refractivity contribution in [2.24, 2.45) is 0 Å². The molecule has 0 bridgehead atoms. The molecule has 20 heavy (non-hydrogen) atoms. The lowest BCUT2D eigenvalue weighted by atomic mass is 10.2. The van der Waals surface area contributed by atoms with Crippen molar-refractivity contribution in [3.05, 3.63) is 48.3 Å². The van der Waals surface area contributed by atoms with Gasteiger partial charge in [-0.3, -0.25) is 4.98 Å². The molecule has 0 saturated heterocycles. The summed E-state index contributed by atoms with van der Waals surface area (Å²) in [5, 5.41) is 3.35. The van der Waals surface area contributed by atoms with E-state index in [2.05, 4.69) is 22.1 Å². The van der Waals surface area contributed by atoms with Crippen LogP contribution in [-0.2, 0) is 6.54 Å². The molecular weight excluding hydrogens is 250 g/mol. The standard InChI is InChI=1S/C16H21N3O/c1-4-17-11-13-9-10-18-12-15(13)19(2)14-7-5-6-8-16(14)20-3/h5-10,12,17H,4,11H2,1-3H3. The van der Waals surface area contributed by atoms with E-state index in [1.807, 2.05) is 49.8 Å². The first kappa shape index (κ1) is 14.3. The van der Waals surface area contributed by atoms with Gasteiger partial charge in [-0.2, -0.15) is 0 Å². The van der Waals surface area contributed by atoms with Crippen molar-refractivity contribution in [2.75, 3.05) is 25.6 Å². The average Bonchev–Trinajstić information content (AvgIpc) is 2.52. The van der Waals surface area contributed by atoms with E-state index in [1.165, 1.54) is 5.56 Å². The Balaban J connectivity index is 2.35. The fourth-order valence-corrected chi connectivity index (χ4v) is 2.16. The van der Waals surface area contributed by atoms with Crippen molar-refractivity contribution in [1.29, 1.82) is 0 Å². The summed E-state index contributed by atoms with van der Waals surface area (Å²) >= 11 is 0. The number of pyridine rings is 1. The molecule has 1 aromatic carbocycles. The van der Waals surface area contributed by atoms with Crippen LogP contribution in [0, 0.1) is 0 Å². The van der Waals surface area contributed by atoms with Crippen molar-refractivity contribution in [3.63, 3.8) is 0 Å². The molecule has 0 fully saturated rings. The maximum absolute atomic E-state index is 5.43. The number of methoxy groups -OCH3 is 1. The molecule has 0 aliphatic rings. The molecular formula is C16H21N3O. The molecule has 106 valence electrons. The molecule has 1 N–H and O–H groups in total. The second-order valence-electron chi connectivity index (χ2n) is 4.52. The Morgan fingerprint density at radius 2 is 2.00 bits per heavy atom. The van der Waals surface area contributed by atoms with E-state index >= 15 is 0 Å². The molecule has 2 rings (SSSR count). The summed E-state index contributed by atoms with van der Waals surface area (Å²) < 4.78 is 5.43. The lowest BCUT2D eigenvalue weighted by Gasteiger charge is -2.24. The van der Waals surface area contributed by atoms with Gasteiger partial charge in [-0.25, -0.2) is 0 Å². The highest BCUT2D eigenvalue weighted by Gasteiger charge is 2.12. The van der Waals surface area contributed by atoms with Gasteiger partial charge < -0.3 is 15.0 Å². The van der Waals surface area contributed by atoms with E-state index in [-0.39, 0.29) is 0 Å². The number of anilines is 2. The van der Waals surface area contributed by atoms with E-state index in [4.69, 9.17) is 4.74 Å². The Hall–Kier alpha value is -2.07. The first-order valence-electron chi connectivity index (χ1n) is 6.78. The van der Waals surface area contributed by atoms with Crippen LogP contribution < -0.4 is 15.0 Å². The van der Waals surface area contributed by atoms with Gasteiger partial charge in [0.15, 0.2) is 0 Å². The summed E-state index contributed by atoms with van der Waals surface area (Å²) in [6, 6.07) is 10.0. The quantitative estimate of drug-likeness (QED) is 0.876. The third kappa shape index (κ3) is 3.08. The number of hydrogen-bond acceptors (Lipinski definition) is 4. The summed E-state index contributed by atoms with van der Waals surface area (Å²) in [5.41, 5.74) is 3.33. The van der Waals surface area contributed by atoms with Crippen LogP contribution in [0.5, 0.6) is 5.75 Å². The second-order valence-corrected chi connectivity index (χ2v) is 4.52. The highest BCUT2D eigenvalue weighted by molar-refractivity contribution is 5.70. The molecule has 2 aromatic rings. The summed E-state index contributed by atoms with van der Waals surface area (Å²) in [5.74, 6) is 0.855. The molecule has 4 heteroatoms. The minimum Gasteiger partial charge on any atom is -0.495 e. The maximum atomic E-state index is 5.43. The first-order valence-corrected chi connectivity index (χ1v) is 6.78. The van der Waals surface area contributed by atoms with Crippen LogP contribution in [0.1, 0.15) is 12.5 Å². The lowest BCUT2D eigenvalue weighted by molar-refractivity contribution is 0.415. The topological polar surface area (TPSA) is 37.4 Å². The minimum absolute atomic E-state index is 0.827.